The number of hydrogen-bond donors (Lipinski definition) is 1. The lowest BCUT2D eigenvalue weighted by Gasteiger charge is -2.33. The quantitative estimate of drug-likeness (QED) is 0.744. The van der Waals surface area contributed by atoms with Crippen LogP contribution in [0.2, 0.25) is 0 Å². The Bertz CT molecular complexity index is 792. The van der Waals surface area contributed by atoms with Gasteiger partial charge in [0.25, 0.3) is 6.43 Å². The van der Waals surface area contributed by atoms with Crippen LogP contribution in [0.5, 0.6) is 0 Å². The summed E-state index contributed by atoms with van der Waals surface area (Å²) < 4.78 is 63.2. The second-order valence-electron chi connectivity index (χ2n) is 6.97. The molecule has 0 bridgehead atoms. The third-order valence-corrected chi connectivity index (χ3v) is 4.72. The fourth-order valence-corrected chi connectivity index (χ4v) is 3.40. The van der Waals surface area contributed by atoms with E-state index in [-0.39, 0.29) is 12.6 Å². The van der Waals surface area contributed by atoms with Crippen molar-refractivity contribution < 1.29 is 22.0 Å². The lowest BCUT2D eigenvalue weighted by Crippen LogP contribution is -2.44. The average molecular weight is 400 g/mol. The molecule has 0 unspecified atom stereocenters. The van der Waals surface area contributed by atoms with Gasteiger partial charge in [0.05, 0.1) is 17.8 Å². The van der Waals surface area contributed by atoms with Gasteiger partial charge >= 0.3 is 6.18 Å². The molecule has 0 saturated carbocycles. The molecule has 1 saturated heterocycles. The van der Waals surface area contributed by atoms with Crippen molar-refractivity contribution in [2.45, 2.75) is 38.4 Å². The molecule has 1 fully saturated rings. The molecule has 28 heavy (non-hydrogen) atoms. The number of hydrogen-bond acceptors (Lipinski definition) is 4. The fourth-order valence-electron chi connectivity index (χ4n) is 3.40. The van der Waals surface area contributed by atoms with Gasteiger partial charge in [0, 0.05) is 18.2 Å². The highest BCUT2D eigenvalue weighted by molar-refractivity contribution is 5.64. The van der Waals surface area contributed by atoms with Crippen molar-refractivity contribution in [2.24, 2.45) is 0 Å². The number of aromatic nitrogens is 2. The van der Waals surface area contributed by atoms with Crippen molar-refractivity contribution in [1.82, 2.24) is 15.1 Å². The monoisotopic (exact) mass is 400 g/mol. The third kappa shape index (κ3) is 5.15. The lowest BCUT2D eigenvalue weighted by molar-refractivity contribution is -0.137. The highest BCUT2D eigenvalue weighted by Gasteiger charge is 2.30. The molecule has 1 aromatic carbocycles. The van der Waals surface area contributed by atoms with Gasteiger partial charge in [-0.1, -0.05) is 12.1 Å². The minimum atomic E-state index is -4.38. The van der Waals surface area contributed by atoms with Gasteiger partial charge in [-0.05, 0) is 50.1 Å². The number of nitrogens with one attached hydrogen (secondary N) is 1. The largest absolute Gasteiger partial charge is 0.416 e. The third-order valence-electron chi connectivity index (χ3n) is 4.72. The van der Waals surface area contributed by atoms with E-state index in [1.54, 1.807) is 17.9 Å². The molecule has 2 aromatic rings. The Hall–Kier alpha value is -2.29. The molecular weight excluding hydrogens is 379 g/mol. The Labute approximate surface area is 159 Å². The fraction of sp³-hybridized carbons (Fsp3) is 0.474. The van der Waals surface area contributed by atoms with Crippen LogP contribution in [0.25, 0.3) is 11.3 Å². The Morgan fingerprint density at radius 1 is 1.18 bits per heavy atom. The first-order valence-electron chi connectivity index (χ1n) is 9.01. The van der Waals surface area contributed by atoms with Crippen LogP contribution < -0.4 is 5.32 Å². The number of rotatable bonds is 5. The van der Waals surface area contributed by atoms with E-state index >= 15 is 0 Å². The number of piperidine rings is 1. The Morgan fingerprint density at radius 3 is 2.50 bits per heavy atom. The van der Waals surface area contributed by atoms with E-state index in [4.69, 9.17) is 0 Å². The highest BCUT2D eigenvalue weighted by Crippen LogP contribution is 2.31. The number of aryl methyl sites for hydroxylation is 1. The van der Waals surface area contributed by atoms with Gasteiger partial charge in [-0.3, -0.25) is 4.90 Å². The van der Waals surface area contributed by atoms with Crippen molar-refractivity contribution >= 4 is 5.82 Å². The van der Waals surface area contributed by atoms with Crippen LogP contribution in [0.4, 0.5) is 27.8 Å². The summed E-state index contributed by atoms with van der Waals surface area (Å²) in [4.78, 5) is 1.72. The van der Waals surface area contributed by atoms with E-state index in [0.29, 0.717) is 30.2 Å². The number of benzene rings is 1. The molecule has 1 aliphatic rings. The first-order chi connectivity index (χ1) is 13.2. The predicted octanol–water partition coefficient (Wildman–Crippen LogP) is 4.61. The van der Waals surface area contributed by atoms with E-state index in [1.165, 1.54) is 12.1 Å². The topological polar surface area (TPSA) is 41.0 Å². The standard InChI is InChI=1S/C19H21F5N4/c1-12-9-17(25-15-3-2-8-28(10-15)11-16(20)21)26-27-18(12)13-4-6-14(7-5-13)19(22,23)24/h4-7,9,15-16H,2-3,8,10-11H2,1H3,(H,25,26)/t15-/m1/s1. The molecule has 9 heteroatoms. The van der Waals surface area contributed by atoms with E-state index in [9.17, 15) is 22.0 Å². The first-order valence-corrected chi connectivity index (χ1v) is 9.01. The second kappa shape index (κ2) is 8.38. The SMILES string of the molecule is Cc1cc(N[C@@H]2CCCN(CC(F)F)C2)nnc1-c1ccc(C(F)(F)F)cc1. The van der Waals surface area contributed by atoms with Gasteiger partial charge in [0.2, 0.25) is 0 Å². The molecule has 2 heterocycles. The van der Waals surface area contributed by atoms with E-state index in [2.05, 4.69) is 15.5 Å². The molecular formula is C19H21F5N4. The minimum absolute atomic E-state index is 0.00174. The average Bonchev–Trinajstić information content (AvgIpc) is 2.61. The van der Waals surface area contributed by atoms with Crippen molar-refractivity contribution in [3.05, 3.63) is 41.5 Å². The minimum Gasteiger partial charge on any atom is -0.365 e. The van der Waals surface area contributed by atoms with Gasteiger partial charge in [0.15, 0.2) is 0 Å². The maximum absolute atomic E-state index is 12.7. The van der Waals surface area contributed by atoms with Crippen molar-refractivity contribution in [1.29, 1.82) is 0 Å². The Kier molecular flexibility index (Phi) is 6.12. The molecule has 0 aliphatic carbocycles. The molecule has 1 atom stereocenters. The summed E-state index contributed by atoms with van der Waals surface area (Å²) in [6.45, 7) is 2.72. The molecule has 1 aromatic heterocycles. The predicted molar refractivity (Wildman–Crippen MR) is 96.3 cm³/mol. The number of alkyl halides is 5. The molecule has 0 amide bonds. The summed E-state index contributed by atoms with van der Waals surface area (Å²) in [5, 5.41) is 11.5. The van der Waals surface area contributed by atoms with Crippen LogP contribution >= 0.6 is 0 Å². The van der Waals surface area contributed by atoms with Crippen molar-refractivity contribution in [2.75, 3.05) is 25.0 Å². The number of likely N-dealkylation sites (tertiary alicyclic amines) is 1. The normalized spacial score (nSPS) is 18.5. The van der Waals surface area contributed by atoms with Gasteiger partial charge in [0.1, 0.15) is 5.82 Å². The zero-order valence-electron chi connectivity index (χ0n) is 15.3. The van der Waals surface area contributed by atoms with Crippen LogP contribution in [0, 0.1) is 6.92 Å². The summed E-state index contributed by atoms with van der Waals surface area (Å²) in [7, 11) is 0. The van der Waals surface area contributed by atoms with Crippen LogP contribution in [0.3, 0.4) is 0 Å². The zero-order chi connectivity index (χ0) is 20.3. The summed E-state index contributed by atoms with van der Waals surface area (Å²) >= 11 is 0. The van der Waals surface area contributed by atoms with Crippen molar-refractivity contribution in [3.63, 3.8) is 0 Å². The first kappa shape index (κ1) is 20.4. The summed E-state index contributed by atoms with van der Waals surface area (Å²) in [6.07, 6.45) is -5.07. The summed E-state index contributed by atoms with van der Waals surface area (Å²) in [6, 6.07) is 6.54. The van der Waals surface area contributed by atoms with Gasteiger partial charge < -0.3 is 5.32 Å². The molecule has 1 aliphatic heterocycles. The van der Waals surface area contributed by atoms with Gasteiger partial charge in [-0.25, -0.2) is 8.78 Å². The van der Waals surface area contributed by atoms with E-state index < -0.39 is 18.2 Å². The second-order valence-corrected chi connectivity index (χ2v) is 6.97. The van der Waals surface area contributed by atoms with Gasteiger partial charge in [-0.2, -0.15) is 13.2 Å². The van der Waals surface area contributed by atoms with E-state index in [1.807, 2.05) is 0 Å². The smallest absolute Gasteiger partial charge is 0.365 e. The maximum atomic E-state index is 12.7. The highest BCUT2D eigenvalue weighted by atomic mass is 19.4. The van der Waals surface area contributed by atoms with Crippen LogP contribution in [0.1, 0.15) is 24.0 Å². The molecule has 0 radical (unpaired) electrons. The molecule has 1 N–H and O–H groups in total. The number of nitrogens with zero attached hydrogens (tertiary/aromatic N) is 3. The molecule has 0 spiro atoms. The Balaban J connectivity index is 1.69. The Morgan fingerprint density at radius 2 is 1.89 bits per heavy atom. The van der Waals surface area contributed by atoms with Crippen LogP contribution in [-0.2, 0) is 6.18 Å². The van der Waals surface area contributed by atoms with E-state index in [0.717, 1.165) is 30.5 Å². The van der Waals surface area contributed by atoms with Crippen LogP contribution in [-0.4, -0.2) is 47.2 Å². The molecule has 152 valence electrons. The molecule has 3 rings (SSSR count). The summed E-state index contributed by atoms with van der Waals surface area (Å²) in [5.41, 5.74) is 1.09. The lowest BCUT2D eigenvalue weighted by atomic mass is 10.0. The summed E-state index contributed by atoms with van der Waals surface area (Å²) in [5.74, 6) is 0.525. The maximum Gasteiger partial charge on any atom is 0.416 e. The van der Waals surface area contributed by atoms with Crippen LogP contribution in [0.15, 0.2) is 30.3 Å². The number of anilines is 1. The molecule has 4 nitrogen and oxygen atoms in total. The van der Waals surface area contributed by atoms with Crippen molar-refractivity contribution in [3.8, 4) is 11.3 Å². The van der Waals surface area contributed by atoms with Gasteiger partial charge in [-0.15, -0.1) is 10.2 Å². The zero-order valence-corrected chi connectivity index (χ0v) is 15.3. The number of halogens is 5.